The Kier molecular flexibility index (Phi) is 6.25. The van der Waals surface area contributed by atoms with Crippen molar-refractivity contribution in [1.82, 2.24) is 10.6 Å². The van der Waals surface area contributed by atoms with E-state index in [1.807, 2.05) is 13.2 Å². The molecular formula is C10H20N2O3S. The van der Waals surface area contributed by atoms with Gasteiger partial charge in [0.1, 0.15) is 5.54 Å². The molecule has 0 spiro atoms. The van der Waals surface area contributed by atoms with Crippen molar-refractivity contribution in [2.24, 2.45) is 5.92 Å². The van der Waals surface area contributed by atoms with Gasteiger partial charge in [-0.1, -0.05) is 6.92 Å². The Labute approximate surface area is 100 Å². The number of amides is 2. The number of carboxylic acid groups (broad SMARTS) is 1. The largest absolute Gasteiger partial charge is 0.480 e. The van der Waals surface area contributed by atoms with Crippen LogP contribution in [-0.4, -0.2) is 41.2 Å². The minimum Gasteiger partial charge on any atom is -0.480 e. The van der Waals surface area contributed by atoms with Crippen LogP contribution >= 0.6 is 11.8 Å². The first-order valence-corrected chi connectivity index (χ1v) is 6.47. The summed E-state index contributed by atoms with van der Waals surface area (Å²) in [6.45, 7) is 5.46. The van der Waals surface area contributed by atoms with Crippen molar-refractivity contribution < 1.29 is 14.7 Å². The van der Waals surface area contributed by atoms with Crippen molar-refractivity contribution in [2.45, 2.75) is 26.3 Å². The quantitative estimate of drug-likeness (QED) is 0.659. The van der Waals surface area contributed by atoms with Crippen LogP contribution in [0.1, 0.15) is 20.8 Å². The molecule has 1 unspecified atom stereocenters. The van der Waals surface area contributed by atoms with Crippen LogP contribution in [0, 0.1) is 5.92 Å². The number of urea groups is 1. The molecule has 5 nitrogen and oxygen atoms in total. The molecule has 2 amide bonds. The standard InChI is InChI=1S/C10H20N2O3S/c1-7(6-16-4)5-11-9(15)12-10(2,3)8(13)14/h7H,5-6H2,1-4H3,(H,13,14)(H2,11,12,15). The average Bonchev–Trinajstić information content (AvgIpc) is 2.14. The molecule has 0 aromatic carbocycles. The Hall–Kier alpha value is -0.910. The number of nitrogens with one attached hydrogen (secondary N) is 2. The highest BCUT2D eigenvalue weighted by molar-refractivity contribution is 7.98. The molecule has 0 saturated heterocycles. The summed E-state index contributed by atoms with van der Waals surface area (Å²) in [7, 11) is 0. The maximum atomic E-state index is 11.4. The first kappa shape index (κ1) is 15.1. The summed E-state index contributed by atoms with van der Waals surface area (Å²) in [6.07, 6.45) is 2.00. The zero-order valence-electron chi connectivity index (χ0n) is 10.2. The molecule has 16 heavy (non-hydrogen) atoms. The number of carboxylic acids is 1. The SMILES string of the molecule is CSCC(C)CNC(=O)NC(C)(C)C(=O)O. The van der Waals surface area contributed by atoms with E-state index in [9.17, 15) is 9.59 Å². The number of aliphatic carboxylic acids is 1. The minimum atomic E-state index is -1.24. The molecule has 0 aliphatic heterocycles. The molecule has 94 valence electrons. The Balaban J connectivity index is 3.96. The number of carbonyl (C=O) groups is 2. The number of carbonyl (C=O) groups excluding carboxylic acids is 1. The summed E-state index contributed by atoms with van der Waals surface area (Å²) in [5, 5.41) is 13.9. The summed E-state index contributed by atoms with van der Waals surface area (Å²) in [5.74, 6) is 0.274. The van der Waals surface area contributed by atoms with Gasteiger partial charge in [0.25, 0.3) is 0 Å². The van der Waals surface area contributed by atoms with Gasteiger partial charge in [0, 0.05) is 6.54 Å². The van der Waals surface area contributed by atoms with Gasteiger partial charge < -0.3 is 15.7 Å². The molecule has 6 heteroatoms. The van der Waals surface area contributed by atoms with Crippen LogP contribution in [0.3, 0.4) is 0 Å². The highest BCUT2D eigenvalue weighted by Gasteiger charge is 2.28. The van der Waals surface area contributed by atoms with Crippen molar-refractivity contribution in [1.29, 1.82) is 0 Å². The molecule has 0 aromatic rings. The van der Waals surface area contributed by atoms with Gasteiger partial charge in [-0.05, 0) is 31.8 Å². The second-order valence-electron chi connectivity index (χ2n) is 4.33. The lowest BCUT2D eigenvalue weighted by Crippen LogP contribution is -2.53. The van der Waals surface area contributed by atoms with Gasteiger partial charge >= 0.3 is 12.0 Å². The molecule has 0 fully saturated rings. The highest BCUT2D eigenvalue weighted by Crippen LogP contribution is 2.03. The van der Waals surface area contributed by atoms with Crippen LogP contribution in [0.5, 0.6) is 0 Å². The van der Waals surface area contributed by atoms with Crippen LogP contribution in [0.2, 0.25) is 0 Å². The summed E-state index contributed by atoms with van der Waals surface area (Å²) < 4.78 is 0. The molecule has 0 bridgehead atoms. The first-order valence-electron chi connectivity index (χ1n) is 5.08. The van der Waals surface area contributed by atoms with Gasteiger partial charge in [0.15, 0.2) is 0 Å². The van der Waals surface area contributed by atoms with Crippen molar-refractivity contribution in [3.63, 3.8) is 0 Å². The molecule has 0 aliphatic carbocycles. The molecule has 3 N–H and O–H groups in total. The lowest BCUT2D eigenvalue weighted by Gasteiger charge is -2.21. The van der Waals surface area contributed by atoms with Crippen molar-refractivity contribution in [3.05, 3.63) is 0 Å². The van der Waals surface area contributed by atoms with E-state index in [1.54, 1.807) is 11.8 Å². The van der Waals surface area contributed by atoms with Gasteiger partial charge in [-0.15, -0.1) is 0 Å². The van der Waals surface area contributed by atoms with E-state index in [0.717, 1.165) is 5.75 Å². The predicted octanol–water partition coefficient (Wildman–Crippen LogP) is 1.15. The Bertz CT molecular complexity index is 256. The van der Waals surface area contributed by atoms with Gasteiger partial charge in [0.2, 0.25) is 0 Å². The minimum absolute atomic E-state index is 0.369. The van der Waals surface area contributed by atoms with Crippen LogP contribution in [0.4, 0.5) is 4.79 Å². The van der Waals surface area contributed by atoms with Crippen LogP contribution in [-0.2, 0) is 4.79 Å². The van der Waals surface area contributed by atoms with Crippen LogP contribution in [0.15, 0.2) is 0 Å². The average molecular weight is 248 g/mol. The number of hydrogen-bond donors (Lipinski definition) is 3. The number of hydrogen-bond acceptors (Lipinski definition) is 3. The lowest BCUT2D eigenvalue weighted by atomic mass is 10.1. The zero-order valence-corrected chi connectivity index (χ0v) is 11.0. The highest BCUT2D eigenvalue weighted by atomic mass is 32.2. The van der Waals surface area contributed by atoms with E-state index in [1.165, 1.54) is 13.8 Å². The van der Waals surface area contributed by atoms with Gasteiger partial charge in [-0.2, -0.15) is 11.8 Å². The van der Waals surface area contributed by atoms with Gasteiger partial charge in [-0.25, -0.2) is 9.59 Å². The molecule has 0 rings (SSSR count). The summed E-state index contributed by atoms with van der Waals surface area (Å²) in [4.78, 5) is 22.1. The Morgan fingerprint density at radius 1 is 1.44 bits per heavy atom. The second kappa shape index (κ2) is 6.62. The fourth-order valence-corrected chi connectivity index (χ4v) is 1.68. The lowest BCUT2D eigenvalue weighted by molar-refractivity contribution is -0.142. The molecule has 0 saturated carbocycles. The Morgan fingerprint density at radius 3 is 2.44 bits per heavy atom. The van der Waals surface area contributed by atoms with Crippen LogP contribution in [0.25, 0.3) is 0 Å². The third kappa shape index (κ3) is 5.85. The fraction of sp³-hybridized carbons (Fsp3) is 0.800. The molecular weight excluding hydrogens is 228 g/mol. The third-order valence-corrected chi connectivity index (χ3v) is 2.93. The molecule has 0 aromatic heterocycles. The van der Waals surface area contributed by atoms with Crippen molar-refractivity contribution in [2.75, 3.05) is 18.6 Å². The molecule has 0 radical (unpaired) electrons. The Morgan fingerprint density at radius 2 is 2.00 bits per heavy atom. The van der Waals surface area contributed by atoms with Gasteiger partial charge in [0.05, 0.1) is 0 Å². The number of thioether (sulfide) groups is 1. The molecule has 1 atom stereocenters. The summed E-state index contributed by atoms with van der Waals surface area (Å²) >= 11 is 1.71. The molecule has 0 aliphatic rings. The summed E-state index contributed by atoms with van der Waals surface area (Å²) in [6, 6.07) is -0.444. The smallest absolute Gasteiger partial charge is 0.328 e. The zero-order chi connectivity index (χ0) is 12.8. The van der Waals surface area contributed by atoms with E-state index in [0.29, 0.717) is 12.5 Å². The maximum Gasteiger partial charge on any atom is 0.328 e. The van der Waals surface area contributed by atoms with E-state index < -0.39 is 17.5 Å². The first-order chi connectivity index (χ1) is 7.29. The van der Waals surface area contributed by atoms with E-state index in [-0.39, 0.29) is 0 Å². The van der Waals surface area contributed by atoms with Crippen molar-refractivity contribution >= 4 is 23.8 Å². The van der Waals surface area contributed by atoms with Crippen LogP contribution < -0.4 is 10.6 Å². The monoisotopic (exact) mass is 248 g/mol. The number of rotatable bonds is 6. The van der Waals surface area contributed by atoms with Crippen molar-refractivity contribution in [3.8, 4) is 0 Å². The maximum absolute atomic E-state index is 11.4. The topological polar surface area (TPSA) is 78.4 Å². The van der Waals surface area contributed by atoms with E-state index in [4.69, 9.17) is 5.11 Å². The fourth-order valence-electron chi connectivity index (χ4n) is 0.992. The van der Waals surface area contributed by atoms with E-state index >= 15 is 0 Å². The summed E-state index contributed by atoms with van der Waals surface area (Å²) in [5.41, 5.74) is -1.24. The third-order valence-electron chi connectivity index (χ3n) is 2.02. The predicted molar refractivity (Wildman–Crippen MR) is 65.8 cm³/mol. The normalized spacial score (nSPS) is 13.0. The van der Waals surface area contributed by atoms with Gasteiger partial charge in [-0.3, -0.25) is 0 Å². The second-order valence-corrected chi connectivity index (χ2v) is 5.24. The van der Waals surface area contributed by atoms with E-state index in [2.05, 4.69) is 10.6 Å². The molecule has 0 heterocycles.